The molecule has 0 spiro atoms. The summed E-state index contributed by atoms with van der Waals surface area (Å²) >= 11 is 0. The molecule has 1 atom stereocenters. The topological polar surface area (TPSA) is 132 Å². The fourth-order valence-electron chi connectivity index (χ4n) is 3.69. The number of aromatic amines is 1. The average Bonchev–Trinajstić information content (AvgIpc) is 3.15. The van der Waals surface area contributed by atoms with E-state index in [1.54, 1.807) is 42.5 Å². The number of hydrogen-bond acceptors (Lipinski definition) is 7. The van der Waals surface area contributed by atoms with Crippen LogP contribution in [0.1, 0.15) is 31.7 Å². The second-order valence-corrected chi connectivity index (χ2v) is 10.2. The van der Waals surface area contributed by atoms with E-state index in [2.05, 4.69) is 14.7 Å². The van der Waals surface area contributed by atoms with E-state index in [4.69, 9.17) is 10.5 Å². The number of fused-ring (bicyclic) bond motifs is 1. The van der Waals surface area contributed by atoms with Crippen molar-refractivity contribution in [3.63, 3.8) is 0 Å². The number of benzene rings is 2. The molecule has 3 N–H and O–H groups in total. The summed E-state index contributed by atoms with van der Waals surface area (Å²) in [5, 5.41) is 3.79. The first-order valence-corrected chi connectivity index (χ1v) is 11.2. The van der Waals surface area contributed by atoms with Crippen LogP contribution in [-0.4, -0.2) is 31.2 Å². The molecule has 31 heavy (non-hydrogen) atoms. The van der Waals surface area contributed by atoms with E-state index >= 15 is 0 Å². The molecule has 0 saturated heterocycles. The van der Waals surface area contributed by atoms with E-state index in [9.17, 15) is 13.2 Å². The van der Waals surface area contributed by atoms with Crippen LogP contribution in [0.15, 0.2) is 56.7 Å². The van der Waals surface area contributed by atoms with Gasteiger partial charge >= 0.3 is 5.76 Å². The number of sulfonamides is 1. The molecule has 0 saturated carbocycles. The van der Waals surface area contributed by atoms with Gasteiger partial charge in [0.2, 0.25) is 0 Å². The third-order valence-corrected chi connectivity index (χ3v) is 7.14. The monoisotopic (exact) mass is 444 g/mol. The van der Waals surface area contributed by atoms with Crippen LogP contribution in [0.25, 0.3) is 0 Å². The third-order valence-electron chi connectivity index (χ3n) is 5.34. The van der Waals surface area contributed by atoms with Crippen LogP contribution < -0.4 is 20.5 Å². The van der Waals surface area contributed by atoms with Gasteiger partial charge in [-0.25, -0.2) is 13.2 Å². The molecule has 0 aliphatic carbocycles. The van der Waals surface area contributed by atoms with Crippen molar-refractivity contribution in [1.29, 1.82) is 0 Å². The van der Waals surface area contributed by atoms with Crippen molar-refractivity contribution < 1.29 is 17.7 Å². The molecule has 3 aromatic rings. The molecule has 1 aromatic heterocycles. The zero-order valence-electron chi connectivity index (χ0n) is 17.5. The molecular formula is C21H24N4O5S. The van der Waals surface area contributed by atoms with Gasteiger partial charge in [0.1, 0.15) is 11.9 Å². The van der Waals surface area contributed by atoms with Gasteiger partial charge in [-0.2, -0.15) is 0 Å². The first kappa shape index (κ1) is 21.0. The first-order valence-electron chi connectivity index (χ1n) is 9.78. The lowest BCUT2D eigenvalue weighted by atomic mass is 9.85. The lowest BCUT2D eigenvalue weighted by Crippen LogP contribution is -2.45. The zero-order chi connectivity index (χ0) is 22.4. The minimum atomic E-state index is -3.85. The number of nitrogens with one attached hydrogen (secondary N) is 1. The van der Waals surface area contributed by atoms with Gasteiger partial charge in [0.25, 0.3) is 10.0 Å². The molecule has 0 fully saturated rings. The Morgan fingerprint density at radius 2 is 1.94 bits per heavy atom. The molecule has 4 rings (SSSR count). The van der Waals surface area contributed by atoms with Crippen LogP contribution in [0.4, 0.5) is 11.4 Å². The van der Waals surface area contributed by atoms with E-state index in [0.29, 0.717) is 29.4 Å². The van der Waals surface area contributed by atoms with Gasteiger partial charge in [-0.15, -0.1) is 0 Å². The number of nitrogens with zero attached hydrogens (tertiary/aromatic N) is 2. The molecule has 0 radical (unpaired) electrons. The van der Waals surface area contributed by atoms with E-state index in [1.165, 1.54) is 4.31 Å². The summed E-state index contributed by atoms with van der Waals surface area (Å²) in [7, 11) is -3.85. The molecule has 9 nitrogen and oxygen atoms in total. The van der Waals surface area contributed by atoms with Crippen molar-refractivity contribution >= 4 is 21.4 Å². The predicted molar refractivity (Wildman–Crippen MR) is 116 cm³/mol. The number of ether oxygens (including phenoxy) is 1. The Morgan fingerprint density at radius 3 is 2.58 bits per heavy atom. The van der Waals surface area contributed by atoms with E-state index in [-0.39, 0.29) is 11.4 Å². The molecule has 1 aliphatic rings. The Labute approximate surface area is 179 Å². The van der Waals surface area contributed by atoms with Crippen molar-refractivity contribution in [3.05, 3.63) is 64.4 Å². The summed E-state index contributed by atoms with van der Waals surface area (Å²) in [5.41, 5.74) is 7.10. The maximum atomic E-state index is 13.5. The smallest absolute Gasteiger partial charge is 0.438 e. The average molecular weight is 445 g/mol. The van der Waals surface area contributed by atoms with Crippen molar-refractivity contribution in [2.45, 2.75) is 43.6 Å². The number of anilines is 2. The van der Waals surface area contributed by atoms with Crippen molar-refractivity contribution in [3.8, 4) is 5.75 Å². The summed E-state index contributed by atoms with van der Waals surface area (Å²) in [6, 6.07) is 11.6. The van der Waals surface area contributed by atoms with Crippen LogP contribution in [0.2, 0.25) is 0 Å². The van der Waals surface area contributed by atoms with Gasteiger partial charge in [0.05, 0.1) is 17.1 Å². The first-order chi connectivity index (χ1) is 14.6. The normalized spacial score (nSPS) is 16.6. The zero-order valence-corrected chi connectivity index (χ0v) is 18.3. The molecule has 0 bridgehead atoms. The fourth-order valence-corrected chi connectivity index (χ4v) is 5.19. The molecule has 10 heteroatoms. The Morgan fingerprint density at radius 1 is 1.23 bits per heavy atom. The molecule has 0 amide bonds. The van der Waals surface area contributed by atoms with Gasteiger partial charge in [-0.3, -0.25) is 13.8 Å². The SMILES string of the molecule is Cc1ccc(S(=O)(=O)N2C[C@@H](CC(C)(C)c3noc(=O)[nH]3)Oc3ccc(N)cc32)cc1. The maximum Gasteiger partial charge on any atom is 0.438 e. The highest BCUT2D eigenvalue weighted by Gasteiger charge is 2.38. The van der Waals surface area contributed by atoms with Crippen LogP contribution in [0.5, 0.6) is 5.75 Å². The van der Waals surface area contributed by atoms with E-state index < -0.39 is 27.3 Å². The quantitative estimate of drug-likeness (QED) is 0.578. The van der Waals surface area contributed by atoms with Crippen LogP contribution in [-0.2, 0) is 15.4 Å². The second kappa shape index (κ2) is 7.45. The van der Waals surface area contributed by atoms with Crippen LogP contribution in [0.3, 0.4) is 0 Å². The summed E-state index contributed by atoms with van der Waals surface area (Å²) in [5.74, 6) is 0.153. The number of aromatic nitrogens is 2. The van der Waals surface area contributed by atoms with Crippen molar-refractivity contribution in [1.82, 2.24) is 10.1 Å². The van der Waals surface area contributed by atoms with Crippen LogP contribution >= 0.6 is 0 Å². The number of aryl methyl sites for hydroxylation is 1. The summed E-state index contributed by atoms with van der Waals surface area (Å²) in [4.78, 5) is 14.1. The Hall–Kier alpha value is -3.27. The number of H-pyrrole nitrogens is 1. The molecule has 1 aliphatic heterocycles. The molecule has 0 unspecified atom stereocenters. The summed E-state index contributed by atoms with van der Waals surface area (Å²) in [6.45, 7) is 5.73. The maximum absolute atomic E-state index is 13.5. The highest BCUT2D eigenvalue weighted by Crippen LogP contribution is 2.40. The molecule has 2 aromatic carbocycles. The molecular weight excluding hydrogens is 420 g/mol. The van der Waals surface area contributed by atoms with E-state index in [0.717, 1.165) is 5.56 Å². The summed E-state index contributed by atoms with van der Waals surface area (Å²) < 4.78 is 39.1. The minimum Gasteiger partial charge on any atom is -0.486 e. The predicted octanol–water partition coefficient (Wildman–Crippen LogP) is 2.58. The molecule has 2 heterocycles. The van der Waals surface area contributed by atoms with Gasteiger partial charge in [-0.1, -0.05) is 36.7 Å². The Balaban J connectivity index is 1.72. The summed E-state index contributed by atoms with van der Waals surface area (Å²) in [6.07, 6.45) is -0.106. The van der Waals surface area contributed by atoms with E-state index in [1.807, 2.05) is 20.8 Å². The van der Waals surface area contributed by atoms with Gasteiger partial charge in [0, 0.05) is 11.1 Å². The Bertz CT molecular complexity index is 1260. The second-order valence-electron chi connectivity index (χ2n) is 8.35. The number of hydrogen-bond donors (Lipinski definition) is 2. The standard InChI is InChI=1S/C21H24N4O5S/c1-13-4-7-16(8-5-13)31(27,28)25-12-15(29-18-9-6-14(22)10-17(18)25)11-21(2,3)19-23-20(26)30-24-19/h4-10,15H,11-12,22H2,1-3H3,(H,23,24,26)/t15-/m1/s1. The third kappa shape index (κ3) is 4.02. The minimum absolute atomic E-state index is 0.0815. The van der Waals surface area contributed by atoms with Gasteiger partial charge in [0.15, 0.2) is 5.82 Å². The number of nitrogens with two attached hydrogens (primary N) is 1. The van der Waals surface area contributed by atoms with Crippen molar-refractivity contribution in [2.24, 2.45) is 0 Å². The van der Waals surface area contributed by atoms with Crippen molar-refractivity contribution in [2.75, 3.05) is 16.6 Å². The Kier molecular flexibility index (Phi) is 5.04. The number of nitrogen functional groups attached to an aromatic ring is 1. The molecule has 164 valence electrons. The van der Waals surface area contributed by atoms with Gasteiger partial charge in [-0.05, 0) is 43.7 Å². The lowest BCUT2D eigenvalue weighted by Gasteiger charge is -2.38. The highest BCUT2D eigenvalue weighted by molar-refractivity contribution is 7.92. The largest absolute Gasteiger partial charge is 0.486 e. The van der Waals surface area contributed by atoms with Crippen LogP contribution in [0, 0.1) is 6.92 Å². The lowest BCUT2D eigenvalue weighted by molar-refractivity contribution is 0.159. The fraction of sp³-hybridized carbons (Fsp3) is 0.333. The number of rotatable bonds is 5. The van der Waals surface area contributed by atoms with Gasteiger partial charge < -0.3 is 10.5 Å². The highest BCUT2D eigenvalue weighted by atomic mass is 32.2.